The highest BCUT2D eigenvalue weighted by Crippen LogP contribution is 2.25. The number of hydrogen-bond acceptors (Lipinski definition) is 4. The number of H-pyrrole nitrogens is 1. The number of carbonyl (C=O) groups excluding carboxylic acids is 1. The molecular weight excluding hydrogens is 308 g/mol. The molecule has 6 heteroatoms. The number of nitrogens with one attached hydrogen (secondary N) is 2. The van der Waals surface area contributed by atoms with Crippen LogP contribution in [0.1, 0.15) is 10.5 Å². The zero-order valence-corrected chi connectivity index (χ0v) is 12.8. The van der Waals surface area contributed by atoms with Gasteiger partial charge in [0.1, 0.15) is 10.7 Å². The molecule has 0 aliphatic carbocycles. The molecule has 1 amide bonds. The predicted octanol–water partition coefficient (Wildman–Crippen LogP) is 3.94. The summed E-state index contributed by atoms with van der Waals surface area (Å²) in [5, 5.41) is 13.3. The molecular formula is C17H12N4OS. The van der Waals surface area contributed by atoms with Crippen LogP contribution in [0.3, 0.4) is 0 Å². The molecule has 0 aliphatic heterocycles. The third-order valence-electron chi connectivity index (χ3n) is 3.48. The Hall–Kier alpha value is -2.99. The third-order valence-corrected chi connectivity index (χ3v) is 4.37. The van der Waals surface area contributed by atoms with E-state index in [1.165, 1.54) is 11.3 Å². The van der Waals surface area contributed by atoms with E-state index >= 15 is 0 Å². The van der Waals surface area contributed by atoms with Gasteiger partial charge in [0, 0.05) is 16.3 Å². The van der Waals surface area contributed by atoms with Crippen molar-refractivity contribution in [1.29, 1.82) is 0 Å². The van der Waals surface area contributed by atoms with E-state index in [0.29, 0.717) is 11.4 Å². The van der Waals surface area contributed by atoms with Gasteiger partial charge in [-0.3, -0.25) is 9.89 Å². The van der Waals surface area contributed by atoms with Gasteiger partial charge in [0.25, 0.3) is 5.91 Å². The maximum absolute atomic E-state index is 12.4. The maximum Gasteiger partial charge on any atom is 0.275 e. The van der Waals surface area contributed by atoms with Crippen LogP contribution in [-0.2, 0) is 0 Å². The number of anilines is 1. The molecule has 5 nitrogen and oxygen atoms in total. The second kappa shape index (κ2) is 5.66. The Morgan fingerprint density at radius 1 is 1.09 bits per heavy atom. The summed E-state index contributed by atoms with van der Waals surface area (Å²) in [6.07, 6.45) is 1.72. The van der Waals surface area contributed by atoms with Gasteiger partial charge in [-0.1, -0.05) is 42.5 Å². The first-order valence-corrected chi connectivity index (χ1v) is 7.93. The van der Waals surface area contributed by atoms with Crippen LogP contribution in [0.25, 0.3) is 21.5 Å². The third kappa shape index (κ3) is 2.60. The summed E-state index contributed by atoms with van der Waals surface area (Å²) in [6.45, 7) is 0. The number of amides is 1. The van der Waals surface area contributed by atoms with Gasteiger partial charge in [-0.25, -0.2) is 4.98 Å². The van der Waals surface area contributed by atoms with Crippen LogP contribution in [0, 0.1) is 0 Å². The van der Waals surface area contributed by atoms with Gasteiger partial charge in [0.15, 0.2) is 0 Å². The number of benzene rings is 2. The number of rotatable bonds is 3. The van der Waals surface area contributed by atoms with Gasteiger partial charge in [-0.05, 0) is 6.07 Å². The van der Waals surface area contributed by atoms with E-state index in [1.807, 2.05) is 48.5 Å². The van der Waals surface area contributed by atoms with Crippen LogP contribution in [-0.4, -0.2) is 21.1 Å². The summed E-state index contributed by atoms with van der Waals surface area (Å²) < 4.78 is 0. The number of para-hydroxylation sites is 1. The van der Waals surface area contributed by atoms with Crippen molar-refractivity contribution in [1.82, 2.24) is 15.2 Å². The Kier molecular flexibility index (Phi) is 3.36. The van der Waals surface area contributed by atoms with Crippen LogP contribution in [0.5, 0.6) is 0 Å². The fourth-order valence-electron chi connectivity index (χ4n) is 2.35. The molecule has 0 bridgehead atoms. The van der Waals surface area contributed by atoms with Crippen LogP contribution in [0.2, 0.25) is 0 Å². The van der Waals surface area contributed by atoms with E-state index in [9.17, 15) is 4.79 Å². The summed E-state index contributed by atoms with van der Waals surface area (Å²) in [6, 6.07) is 15.5. The standard InChI is InChI=1S/C17H12N4OS/c22-16(19-13-8-4-7-12-9-18-21-15(12)13)14-10-23-17(20-14)11-5-2-1-3-6-11/h1-10H,(H,18,21)(H,19,22). The number of thiazole rings is 1. The maximum atomic E-state index is 12.4. The number of hydrogen-bond donors (Lipinski definition) is 2. The lowest BCUT2D eigenvalue weighted by Crippen LogP contribution is -2.12. The van der Waals surface area contributed by atoms with E-state index in [2.05, 4.69) is 20.5 Å². The number of nitrogens with zero attached hydrogens (tertiary/aromatic N) is 2. The van der Waals surface area contributed by atoms with Crippen LogP contribution in [0.4, 0.5) is 5.69 Å². The summed E-state index contributed by atoms with van der Waals surface area (Å²) in [4.78, 5) is 16.8. The summed E-state index contributed by atoms with van der Waals surface area (Å²) in [7, 11) is 0. The Morgan fingerprint density at radius 3 is 2.83 bits per heavy atom. The van der Waals surface area contributed by atoms with E-state index < -0.39 is 0 Å². The largest absolute Gasteiger partial charge is 0.319 e. The summed E-state index contributed by atoms with van der Waals surface area (Å²) in [5.41, 5.74) is 2.91. The van der Waals surface area contributed by atoms with Gasteiger partial charge < -0.3 is 5.32 Å². The molecule has 4 rings (SSSR count). The van der Waals surface area contributed by atoms with Crippen molar-refractivity contribution in [3.8, 4) is 10.6 Å². The number of fused-ring (bicyclic) bond motifs is 1. The Labute approximate surface area is 136 Å². The second-order valence-electron chi connectivity index (χ2n) is 5.00. The van der Waals surface area contributed by atoms with Gasteiger partial charge >= 0.3 is 0 Å². The zero-order chi connectivity index (χ0) is 15.6. The Balaban J connectivity index is 1.60. The quantitative estimate of drug-likeness (QED) is 0.600. The molecule has 23 heavy (non-hydrogen) atoms. The average molecular weight is 320 g/mol. The van der Waals surface area contributed by atoms with E-state index in [4.69, 9.17) is 0 Å². The topological polar surface area (TPSA) is 70.7 Å². The van der Waals surface area contributed by atoms with Gasteiger partial charge in [0.05, 0.1) is 17.4 Å². The minimum Gasteiger partial charge on any atom is -0.319 e. The van der Waals surface area contributed by atoms with Crippen molar-refractivity contribution in [2.75, 3.05) is 5.32 Å². The molecule has 2 aromatic heterocycles. The highest BCUT2D eigenvalue weighted by atomic mass is 32.1. The fourth-order valence-corrected chi connectivity index (χ4v) is 3.16. The van der Waals surface area contributed by atoms with Crippen LogP contribution in [0.15, 0.2) is 60.1 Å². The SMILES string of the molecule is O=C(Nc1cccc2cn[nH]c12)c1csc(-c2ccccc2)n1. The molecule has 2 aromatic carbocycles. The monoisotopic (exact) mass is 320 g/mol. The molecule has 2 heterocycles. The lowest BCUT2D eigenvalue weighted by molar-refractivity contribution is 0.102. The minimum absolute atomic E-state index is 0.231. The van der Waals surface area contributed by atoms with Gasteiger partial charge in [-0.15, -0.1) is 11.3 Å². The first-order chi connectivity index (χ1) is 11.3. The number of carbonyl (C=O) groups is 1. The second-order valence-corrected chi connectivity index (χ2v) is 5.86. The summed E-state index contributed by atoms with van der Waals surface area (Å²) >= 11 is 1.45. The molecule has 0 spiro atoms. The first-order valence-electron chi connectivity index (χ1n) is 7.06. The van der Waals surface area contributed by atoms with Crippen LogP contribution < -0.4 is 5.32 Å². The lowest BCUT2D eigenvalue weighted by atomic mass is 10.2. The Morgan fingerprint density at radius 2 is 1.96 bits per heavy atom. The number of aromatic nitrogens is 3. The molecule has 0 aliphatic rings. The molecule has 0 radical (unpaired) electrons. The zero-order valence-electron chi connectivity index (χ0n) is 12.0. The predicted molar refractivity (Wildman–Crippen MR) is 91.6 cm³/mol. The highest BCUT2D eigenvalue weighted by molar-refractivity contribution is 7.13. The molecule has 0 saturated carbocycles. The smallest absolute Gasteiger partial charge is 0.275 e. The lowest BCUT2D eigenvalue weighted by Gasteiger charge is -2.04. The van der Waals surface area contributed by atoms with Crippen molar-refractivity contribution in [3.63, 3.8) is 0 Å². The van der Waals surface area contributed by atoms with Crippen molar-refractivity contribution >= 4 is 33.8 Å². The van der Waals surface area contributed by atoms with E-state index in [-0.39, 0.29) is 5.91 Å². The number of aromatic amines is 1. The Bertz CT molecular complexity index is 974. The molecule has 2 N–H and O–H groups in total. The summed E-state index contributed by atoms with van der Waals surface area (Å²) in [5.74, 6) is -0.231. The molecule has 0 saturated heterocycles. The molecule has 0 unspecified atom stereocenters. The van der Waals surface area contributed by atoms with E-state index in [1.54, 1.807) is 11.6 Å². The fraction of sp³-hybridized carbons (Fsp3) is 0. The van der Waals surface area contributed by atoms with Crippen molar-refractivity contribution in [3.05, 3.63) is 65.8 Å². The molecule has 0 fully saturated rings. The van der Waals surface area contributed by atoms with Crippen molar-refractivity contribution in [2.24, 2.45) is 0 Å². The first kappa shape index (κ1) is 13.7. The van der Waals surface area contributed by atoms with Crippen molar-refractivity contribution < 1.29 is 4.79 Å². The van der Waals surface area contributed by atoms with Crippen LogP contribution >= 0.6 is 11.3 Å². The highest BCUT2D eigenvalue weighted by Gasteiger charge is 2.13. The molecule has 4 aromatic rings. The molecule has 0 atom stereocenters. The van der Waals surface area contributed by atoms with Gasteiger partial charge in [-0.2, -0.15) is 5.10 Å². The minimum atomic E-state index is -0.231. The normalized spacial score (nSPS) is 10.8. The van der Waals surface area contributed by atoms with E-state index in [0.717, 1.165) is 21.5 Å². The molecule has 112 valence electrons. The average Bonchev–Trinajstić information content (AvgIpc) is 3.25. The van der Waals surface area contributed by atoms with Crippen molar-refractivity contribution in [2.45, 2.75) is 0 Å². The van der Waals surface area contributed by atoms with Gasteiger partial charge in [0.2, 0.25) is 0 Å².